The maximum Gasteiger partial charge on any atom is 0.161 e. The van der Waals surface area contributed by atoms with E-state index in [0.29, 0.717) is 13.2 Å². The van der Waals surface area contributed by atoms with Crippen molar-refractivity contribution in [3.05, 3.63) is 24.3 Å². The molecule has 0 rings (SSSR count). The van der Waals surface area contributed by atoms with E-state index in [2.05, 4.69) is 56.2 Å². The number of rotatable bonds is 36. The molecule has 0 N–H and O–H groups in total. The van der Waals surface area contributed by atoms with Crippen molar-refractivity contribution in [2.24, 2.45) is 0 Å². The van der Waals surface area contributed by atoms with Gasteiger partial charge in [0, 0.05) is 36.7 Å². The Bertz CT molecular complexity index is 521. The first kappa shape index (κ1) is 43.3. The first-order valence-electron chi connectivity index (χ1n) is 18.6. The van der Waals surface area contributed by atoms with Crippen LogP contribution < -0.4 is 0 Å². The zero-order valence-corrected chi connectivity index (χ0v) is 31.8. The second-order valence-electron chi connectivity index (χ2n) is 12.0. The lowest BCUT2D eigenvalue weighted by Crippen LogP contribution is -2.27. The van der Waals surface area contributed by atoms with Crippen LogP contribution in [0.2, 0.25) is 0 Å². The van der Waals surface area contributed by atoms with Crippen LogP contribution in [0.15, 0.2) is 24.3 Å². The lowest BCUT2D eigenvalue weighted by molar-refractivity contribution is -0.246. The molecule has 0 heterocycles. The molecule has 2 atom stereocenters. The molecule has 0 aliphatic heterocycles. The van der Waals surface area contributed by atoms with Gasteiger partial charge in [0.15, 0.2) is 12.6 Å². The van der Waals surface area contributed by atoms with Crippen molar-refractivity contribution in [1.82, 2.24) is 0 Å². The minimum absolute atomic E-state index is 0.191. The molecule has 0 aromatic heterocycles. The van der Waals surface area contributed by atoms with Gasteiger partial charge in [0.25, 0.3) is 0 Å². The largest absolute Gasteiger partial charge is 0.353 e. The number of unbranched alkanes of at least 4 members (excludes halogenated alkanes) is 20. The molecule has 2 unspecified atom stereocenters. The Labute approximate surface area is 286 Å². The molecule has 0 saturated heterocycles. The molecule has 0 aromatic carbocycles. The SMILES string of the molecule is CCOC(CCC=CCCCCCCCCCCCCBr)OC(CCC=CCCCCCCCCCCCCBr)OCC. The number of alkyl halides is 2. The van der Waals surface area contributed by atoms with E-state index < -0.39 is 0 Å². The van der Waals surface area contributed by atoms with Crippen molar-refractivity contribution in [3.63, 3.8) is 0 Å². The van der Waals surface area contributed by atoms with Crippen LogP contribution in [0.1, 0.15) is 181 Å². The molecule has 43 heavy (non-hydrogen) atoms. The van der Waals surface area contributed by atoms with E-state index in [-0.39, 0.29) is 12.6 Å². The number of halogens is 2. The van der Waals surface area contributed by atoms with Crippen molar-refractivity contribution in [2.75, 3.05) is 23.9 Å². The predicted octanol–water partition coefficient (Wildman–Crippen LogP) is 13.8. The van der Waals surface area contributed by atoms with E-state index in [1.165, 1.54) is 141 Å². The highest BCUT2D eigenvalue weighted by Gasteiger charge is 2.16. The Morgan fingerprint density at radius 2 is 0.674 bits per heavy atom. The van der Waals surface area contributed by atoms with E-state index in [1.807, 2.05) is 13.8 Å². The Morgan fingerprint density at radius 1 is 0.395 bits per heavy atom. The Balaban J connectivity index is 3.86. The van der Waals surface area contributed by atoms with Crippen LogP contribution in [0.25, 0.3) is 0 Å². The van der Waals surface area contributed by atoms with Crippen LogP contribution in [-0.4, -0.2) is 36.5 Å². The van der Waals surface area contributed by atoms with Gasteiger partial charge in [-0.15, -0.1) is 0 Å². The van der Waals surface area contributed by atoms with Crippen LogP contribution in [0.4, 0.5) is 0 Å². The molecule has 0 radical (unpaired) electrons. The highest BCUT2D eigenvalue weighted by Crippen LogP contribution is 2.16. The zero-order valence-electron chi connectivity index (χ0n) is 28.7. The maximum absolute atomic E-state index is 6.25. The average Bonchev–Trinajstić information content (AvgIpc) is 3.01. The van der Waals surface area contributed by atoms with Gasteiger partial charge < -0.3 is 14.2 Å². The van der Waals surface area contributed by atoms with Gasteiger partial charge in [0.1, 0.15) is 0 Å². The molecular formula is C38H72Br2O3. The minimum atomic E-state index is -0.191. The lowest BCUT2D eigenvalue weighted by Gasteiger charge is -2.24. The molecule has 256 valence electrons. The normalized spacial score (nSPS) is 13.5. The molecular weight excluding hydrogens is 664 g/mol. The summed E-state index contributed by atoms with van der Waals surface area (Å²) < 4.78 is 18.1. The summed E-state index contributed by atoms with van der Waals surface area (Å²) in [7, 11) is 0. The molecule has 0 saturated carbocycles. The molecule has 3 nitrogen and oxygen atoms in total. The van der Waals surface area contributed by atoms with Crippen LogP contribution >= 0.6 is 31.9 Å². The first-order chi connectivity index (χ1) is 21.3. The van der Waals surface area contributed by atoms with Crippen LogP contribution in [-0.2, 0) is 14.2 Å². The van der Waals surface area contributed by atoms with Gasteiger partial charge >= 0.3 is 0 Å². The first-order valence-corrected chi connectivity index (χ1v) is 20.8. The quantitative estimate of drug-likeness (QED) is 0.0277. The highest BCUT2D eigenvalue weighted by molar-refractivity contribution is 9.09. The Kier molecular flexibility index (Phi) is 38.8. The number of hydrogen-bond acceptors (Lipinski definition) is 3. The third kappa shape index (κ3) is 35.0. The summed E-state index contributed by atoms with van der Waals surface area (Å²) in [5.41, 5.74) is 0. The summed E-state index contributed by atoms with van der Waals surface area (Å²) in [5.74, 6) is 0. The summed E-state index contributed by atoms with van der Waals surface area (Å²) in [6.45, 7) is 5.42. The summed E-state index contributed by atoms with van der Waals surface area (Å²) in [4.78, 5) is 0. The minimum Gasteiger partial charge on any atom is -0.353 e. The molecule has 0 aliphatic carbocycles. The van der Waals surface area contributed by atoms with Gasteiger partial charge in [-0.1, -0.05) is 159 Å². The second-order valence-corrected chi connectivity index (χ2v) is 13.6. The third-order valence-corrected chi connectivity index (χ3v) is 9.11. The molecule has 0 fully saturated rings. The molecule has 0 aliphatic rings. The van der Waals surface area contributed by atoms with Gasteiger partial charge in [0.05, 0.1) is 0 Å². The smallest absolute Gasteiger partial charge is 0.161 e. The van der Waals surface area contributed by atoms with E-state index in [4.69, 9.17) is 14.2 Å². The summed E-state index contributed by atoms with van der Waals surface area (Å²) in [6.07, 6.45) is 42.8. The fourth-order valence-corrected chi connectivity index (χ4v) is 6.19. The topological polar surface area (TPSA) is 27.7 Å². The van der Waals surface area contributed by atoms with E-state index in [9.17, 15) is 0 Å². The van der Waals surface area contributed by atoms with Gasteiger partial charge in [-0.2, -0.15) is 0 Å². The fraction of sp³-hybridized carbons (Fsp3) is 0.895. The van der Waals surface area contributed by atoms with Gasteiger partial charge in [-0.05, 0) is 65.2 Å². The monoisotopic (exact) mass is 734 g/mol. The Morgan fingerprint density at radius 3 is 0.977 bits per heavy atom. The van der Waals surface area contributed by atoms with Crippen molar-refractivity contribution in [1.29, 1.82) is 0 Å². The summed E-state index contributed by atoms with van der Waals surface area (Å²) >= 11 is 7.03. The third-order valence-electron chi connectivity index (χ3n) is 7.99. The zero-order chi connectivity index (χ0) is 31.3. The van der Waals surface area contributed by atoms with Crippen LogP contribution in [0.3, 0.4) is 0 Å². The summed E-state index contributed by atoms with van der Waals surface area (Å²) in [5, 5.41) is 2.32. The number of ether oxygens (including phenoxy) is 3. The van der Waals surface area contributed by atoms with Crippen molar-refractivity contribution in [2.45, 2.75) is 193 Å². The molecule has 0 amide bonds. The van der Waals surface area contributed by atoms with Crippen molar-refractivity contribution < 1.29 is 14.2 Å². The maximum atomic E-state index is 6.25. The second kappa shape index (κ2) is 38.5. The van der Waals surface area contributed by atoms with E-state index in [1.54, 1.807) is 0 Å². The molecule has 0 bridgehead atoms. The lowest BCUT2D eigenvalue weighted by atomic mass is 10.1. The van der Waals surface area contributed by atoms with E-state index in [0.717, 1.165) is 36.3 Å². The van der Waals surface area contributed by atoms with E-state index >= 15 is 0 Å². The predicted molar refractivity (Wildman–Crippen MR) is 198 cm³/mol. The van der Waals surface area contributed by atoms with Crippen LogP contribution in [0.5, 0.6) is 0 Å². The van der Waals surface area contributed by atoms with Crippen LogP contribution in [0, 0.1) is 0 Å². The standard InChI is InChI=1S/C38H72Br2O3/c1-3-41-37(33-29-25-21-17-13-9-5-7-11-15-19-23-27-31-35-39)43-38(42-4-2)34-30-26-22-18-14-10-6-8-12-16-20-24-28-32-36-40/h21-22,25-26,37-38H,3-20,23-24,27-36H2,1-2H3. The number of allylic oxidation sites excluding steroid dienone is 4. The summed E-state index contributed by atoms with van der Waals surface area (Å²) in [6, 6.07) is 0. The number of hydrogen-bond donors (Lipinski definition) is 0. The van der Waals surface area contributed by atoms with Gasteiger partial charge in [-0.3, -0.25) is 0 Å². The fourth-order valence-electron chi connectivity index (χ4n) is 5.40. The Hall–Kier alpha value is 0.320. The highest BCUT2D eigenvalue weighted by atomic mass is 79.9. The molecule has 0 spiro atoms. The van der Waals surface area contributed by atoms with Gasteiger partial charge in [-0.25, -0.2) is 0 Å². The molecule has 0 aromatic rings. The average molecular weight is 737 g/mol. The van der Waals surface area contributed by atoms with Crippen molar-refractivity contribution in [3.8, 4) is 0 Å². The van der Waals surface area contributed by atoms with Gasteiger partial charge in [0.2, 0.25) is 0 Å². The van der Waals surface area contributed by atoms with Crippen molar-refractivity contribution >= 4 is 31.9 Å². The molecule has 5 heteroatoms.